The van der Waals surface area contributed by atoms with Gasteiger partial charge in [-0.05, 0) is 75.3 Å². The fourth-order valence-electron chi connectivity index (χ4n) is 6.32. The van der Waals surface area contributed by atoms with Crippen molar-refractivity contribution in [2.24, 2.45) is 35.0 Å². The lowest BCUT2D eigenvalue weighted by Gasteiger charge is -2.29. The molecule has 17 N–H and O–H groups in total. The van der Waals surface area contributed by atoms with Crippen LogP contribution in [0.3, 0.4) is 0 Å². The van der Waals surface area contributed by atoms with Crippen LogP contribution in [0.25, 0.3) is 0 Å². The number of amides is 9. The number of nitrogens with two attached hydrogens (primary N) is 3. The standard InChI is InChI=1S/C42H73N11O15S/c1-19(2)31(51-38(63)26(14-16-69-8)48-35(60)23(44)17-28(45)54)40(65)46-22(7)34(59)47-24(11-9-10-15-43)36(61)52-32(20(3)4)41(66)50-27(18-30(57)58)39(64)49-25(12-13-29(55)56)37(62)53-33(21(5)6)42(67)68/h19-27,31-33H,9-18,43-44H2,1-8H3,(H2,45,54)(H,46,65)(H,47,59)(H,48,60)(H,49,64)(H,50,66)(H,51,63)(H,52,61)(H,53,62)(H,55,56)(H,57,58)(H,67,68)/t22-,23-,24-,25-,26-,27-,31-,32-,33-/m0/s1. The van der Waals surface area contributed by atoms with Gasteiger partial charge in [0.25, 0.3) is 0 Å². The highest BCUT2D eigenvalue weighted by atomic mass is 32.2. The van der Waals surface area contributed by atoms with Crippen LogP contribution >= 0.6 is 11.8 Å². The van der Waals surface area contributed by atoms with Gasteiger partial charge < -0.3 is 75.1 Å². The van der Waals surface area contributed by atoms with Crippen molar-refractivity contribution in [1.29, 1.82) is 0 Å². The fraction of sp³-hybridized carbons (Fsp3) is 0.714. The molecule has 0 aromatic rings. The maximum absolute atomic E-state index is 13.9. The lowest BCUT2D eigenvalue weighted by molar-refractivity contribution is -0.144. The molecular formula is C42H73N11O15S. The van der Waals surface area contributed by atoms with Crippen molar-refractivity contribution in [2.75, 3.05) is 18.6 Å². The molecule has 392 valence electrons. The quantitative estimate of drug-likeness (QED) is 0.0277. The zero-order valence-electron chi connectivity index (χ0n) is 40.4. The number of carboxylic acid groups (broad SMARTS) is 3. The van der Waals surface area contributed by atoms with E-state index in [2.05, 4.69) is 42.5 Å². The van der Waals surface area contributed by atoms with Gasteiger partial charge in [-0.2, -0.15) is 11.8 Å². The SMILES string of the molecule is CSCC[C@H](NC(=O)[C@@H](N)CC(N)=O)C(=O)N[C@H](C(=O)N[C@@H](C)C(=O)N[C@@H](CCCCN)C(=O)N[C@H](C(=O)N[C@@H](CC(=O)O)C(=O)N[C@@H](CCC(=O)O)C(=O)N[C@H](C(=O)O)C(C)C)C(C)C)C(C)C. The molecule has 0 aliphatic rings. The monoisotopic (exact) mass is 1000 g/mol. The molecule has 0 radical (unpaired) electrons. The van der Waals surface area contributed by atoms with Gasteiger partial charge in [-0.15, -0.1) is 0 Å². The van der Waals surface area contributed by atoms with E-state index in [1.165, 1.54) is 46.4 Å². The molecule has 0 spiro atoms. The van der Waals surface area contributed by atoms with Crippen LogP contribution in [-0.4, -0.2) is 159 Å². The van der Waals surface area contributed by atoms with Crippen LogP contribution in [0.4, 0.5) is 0 Å². The fourth-order valence-corrected chi connectivity index (χ4v) is 6.79. The number of carbonyl (C=O) groups is 12. The van der Waals surface area contributed by atoms with Crippen molar-refractivity contribution < 1.29 is 72.9 Å². The van der Waals surface area contributed by atoms with Crippen molar-refractivity contribution in [2.45, 2.75) is 154 Å². The first-order valence-electron chi connectivity index (χ1n) is 22.4. The average Bonchev–Trinajstić information content (AvgIpc) is 3.24. The van der Waals surface area contributed by atoms with E-state index in [1.807, 2.05) is 0 Å². The van der Waals surface area contributed by atoms with Gasteiger partial charge in [0.05, 0.1) is 18.9 Å². The van der Waals surface area contributed by atoms with Gasteiger partial charge in [0.2, 0.25) is 53.2 Å². The van der Waals surface area contributed by atoms with Crippen LogP contribution in [0.5, 0.6) is 0 Å². The van der Waals surface area contributed by atoms with E-state index >= 15 is 0 Å². The first-order valence-corrected chi connectivity index (χ1v) is 23.8. The Labute approximate surface area is 405 Å². The number of hydrogen-bond donors (Lipinski definition) is 14. The number of nitrogens with one attached hydrogen (secondary N) is 8. The molecule has 0 saturated carbocycles. The number of aliphatic carboxylic acids is 3. The summed E-state index contributed by atoms with van der Waals surface area (Å²) in [5, 5.41) is 47.7. The highest BCUT2D eigenvalue weighted by Gasteiger charge is 2.36. The minimum absolute atomic E-state index is 0.0117. The van der Waals surface area contributed by atoms with Crippen molar-refractivity contribution in [1.82, 2.24) is 42.5 Å². The molecule has 0 heterocycles. The van der Waals surface area contributed by atoms with E-state index in [0.717, 1.165) is 0 Å². The van der Waals surface area contributed by atoms with Gasteiger partial charge in [0.1, 0.15) is 48.3 Å². The third-order valence-corrected chi connectivity index (χ3v) is 11.0. The van der Waals surface area contributed by atoms with E-state index in [9.17, 15) is 72.9 Å². The molecule has 0 aromatic heterocycles. The lowest BCUT2D eigenvalue weighted by Crippen LogP contribution is -2.61. The Bertz CT molecular complexity index is 1820. The van der Waals surface area contributed by atoms with Gasteiger partial charge in [-0.1, -0.05) is 41.5 Å². The van der Waals surface area contributed by atoms with Crippen LogP contribution in [0.1, 0.15) is 99.8 Å². The number of hydrogen-bond acceptors (Lipinski definition) is 15. The smallest absolute Gasteiger partial charge is 0.326 e. The van der Waals surface area contributed by atoms with Gasteiger partial charge in [-0.3, -0.25) is 52.7 Å². The normalized spacial score (nSPS) is 15.1. The second-order valence-electron chi connectivity index (χ2n) is 17.4. The van der Waals surface area contributed by atoms with E-state index in [-0.39, 0.29) is 19.4 Å². The number of rotatable bonds is 34. The molecule has 0 aromatic carbocycles. The Kier molecular flexibility index (Phi) is 29.0. The van der Waals surface area contributed by atoms with Gasteiger partial charge in [-0.25, -0.2) is 4.79 Å². The van der Waals surface area contributed by atoms with Gasteiger partial charge >= 0.3 is 17.9 Å². The second kappa shape index (κ2) is 31.9. The van der Waals surface area contributed by atoms with E-state index < -0.39 is 169 Å². The molecule has 9 amide bonds. The molecule has 0 aliphatic heterocycles. The summed E-state index contributed by atoms with van der Waals surface area (Å²) in [6.45, 7) is 10.8. The maximum Gasteiger partial charge on any atom is 0.326 e. The minimum atomic E-state index is -1.90. The number of thioether (sulfide) groups is 1. The maximum atomic E-state index is 13.9. The zero-order chi connectivity index (χ0) is 53.3. The summed E-state index contributed by atoms with van der Waals surface area (Å²) in [6, 6.07) is -12.9. The summed E-state index contributed by atoms with van der Waals surface area (Å²) in [4.78, 5) is 154. The molecule has 9 atom stereocenters. The molecule has 0 saturated heterocycles. The summed E-state index contributed by atoms with van der Waals surface area (Å²) in [6.07, 6.45) is -0.111. The average molecular weight is 1000 g/mol. The van der Waals surface area contributed by atoms with Crippen LogP contribution in [-0.2, 0) is 57.5 Å². The highest BCUT2D eigenvalue weighted by molar-refractivity contribution is 7.98. The van der Waals surface area contributed by atoms with Crippen LogP contribution in [0.2, 0.25) is 0 Å². The Hall–Kier alpha value is -6.09. The molecule has 27 heteroatoms. The molecule has 0 unspecified atom stereocenters. The van der Waals surface area contributed by atoms with Gasteiger partial charge in [0.15, 0.2) is 0 Å². The predicted octanol–water partition coefficient (Wildman–Crippen LogP) is -3.64. The predicted molar refractivity (Wildman–Crippen MR) is 250 cm³/mol. The number of unbranched alkanes of at least 4 members (excludes halogenated alkanes) is 1. The van der Waals surface area contributed by atoms with Crippen LogP contribution < -0.4 is 59.7 Å². The molecule has 26 nitrogen and oxygen atoms in total. The minimum Gasteiger partial charge on any atom is -0.481 e. The summed E-state index contributed by atoms with van der Waals surface area (Å²) >= 11 is 1.38. The summed E-state index contributed by atoms with van der Waals surface area (Å²) in [5.74, 6) is -14.2. The molecule has 0 rings (SSSR count). The zero-order valence-corrected chi connectivity index (χ0v) is 41.2. The first kappa shape index (κ1) is 62.9. The number of carboxylic acids is 3. The Morgan fingerprint density at radius 3 is 1.33 bits per heavy atom. The van der Waals surface area contributed by atoms with E-state index in [0.29, 0.717) is 18.6 Å². The van der Waals surface area contributed by atoms with Crippen molar-refractivity contribution >= 4 is 82.8 Å². The van der Waals surface area contributed by atoms with Crippen molar-refractivity contribution in [3.05, 3.63) is 0 Å². The lowest BCUT2D eigenvalue weighted by atomic mass is 10.0. The Morgan fingerprint density at radius 1 is 0.478 bits per heavy atom. The van der Waals surface area contributed by atoms with E-state index in [4.69, 9.17) is 17.2 Å². The van der Waals surface area contributed by atoms with Crippen molar-refractivity contribution in [3.8, 4) is 0 Å². The van der Waals surface area contributed by atoms with Gasteiger partial charge in [0, 0.05) is 6.42 Å². The topological polar surface area (TPSA) is 440 Å². The molecule has 0 fully saturated rings. The summed E-state index contributed by atoms with van der Waals surface area (Å²) < 4.78 is 0. The third kappa shape index (κ3) is 24.2. The van der Waals surface area contributed by atoms with E-state index in [1.54, 1.807) is 20.1 Å². The molecule has 0 aliphatic carbocycles. The van der Waals surface area contributed by atoms with Crippen molar-refractivity contribution in [3.63, 3.8) is 0 Å². The van der Waals surface area contributed by atoms with Crippen LogP contribution in [0, 0.1) is 17.8 Å². The second-order valence-corrected chi connectivity index (χ2v) is 18.4. The molecule has 69 heavy (non-hydrogen) atoms. The number of primary amides is 1. The molecule has 0 bridgehead atoms. The third-order valence-electron chi connectivity index (χ3n) is 10.3. The largest absolute Gasteiger partial charge is 0.481 e. The highest BCUT2D eigenvalue weighted by Crippen LogP contribution is 2.11. The first-order chi connectivity index (χ1) is 32.1. The Morgan fingerprint density at radius 2 is 0.899 bits per heavy atom. The van der Waals surface area contributed by atoms with Crippen LogP contribution in [0.15, 0.2) is 0 Å². The number of carbonyl (C=O) groups excluding carboxylic acids is 9. The Balaban J connectivity index is 6.32. The molecular weight excluding hydrogens is 931 g/mol. The summed E-state index contributed by atoms with van der Waals surface area (Å²) in [7, 11) is 0. The summed E-state index contributed by atoms with van der Waals surface area (Å²) in [5.41, 5.74) is 16.5.